The average molecular weight is 402 g/mol. The van der Waals surface area contributed by atoms with E-state index in [0.29, 0.717) is 6.54 Å². The van der Waals surface area contributed by atoms with Crippen LogP contribution in [0, 0.1) is 12.8 Å². The molecule has 6 nitrogen and oxygen atoms in total. The van der Waals surface area contributed by atoms with Crippen molar-refractivity contribution in [3.8, 4) is 17.0 Å². The number of amides is 1. The molecule has 1 amide bonds. The molecule has 3 aromatic rings. The summed E-state index contributed by atoms with van der Waals surface area (Å²) in [5, 5.41) is 11.9. The van der Waals surface area contributed by atoms with E-state index in [9.17, 15) is 4.79 Å². The molecule has 1 saturated heterocycles. The molecule has 0 bridgehead atoms. The Morgan fingerprint density at radius 3 is 2.63 bits per heavy atom. The molecule has 30 heavy (non-hydrogen) atoms. The van der Waals surface area contributed by atoms with Crippen LogP contribution in [0.15, 0.2) is 60.7 Å². The minimum Gasteiger partial charge on any atom is -0.497 e. The maximum absolute atomic E-state index is 12.8. The highest BCUT2D eigenvalue weighted by molar-refractivity contribution is 5.93. The van der Waals surface area contributed by atoms with Gasteiger partial charge in [0.05, 0.1) is 18.7 Å². The van der Waals surface area contributed by atoms with Crippen molar-refractivity contribution in [2.75, 3.05) is 30.4 Å². The third kappa shape index (κ3) is 4.59. The number of aromatic nitrogens is 2. The van der Waals surface area contributed by atoms with Gasteiger partial charge in [0, 0.05) is 24.3 Å². The largest absolute Gasteiger partial charge is 0.497 e. The molecule has 0 radical (unpaired) electrons. The summed E-state index contributed by atoms with van der Waals surface area (Å²) < 4.78 is 5.16. The van der Waals surface area contributed by atoms with Gasteiger partial charge in [-0.15, -0.1) is 10.2 Å². The van der Waals surface area contributed by atoms with Crippen LogP contribution in [0.3, 0.4) is 0 Å². The van der Waals surface area contributed by atoms with Gasteiger partial charge < -0.3 is 15.0 Å². The molecule has 0 aliphatic carbocycles. The van der Waals surface area contributed by atoms with Gasteiger partial charge in [0.25, 0.3) is 0 Å². The van der Waals surface area contributed by atoms with Crippen LogP contribution in [0.1, 0.15) is 18.4 Å². The number of hydrogen-bond donors (Lipinski definition) is 1. The number of nitrogens with zero attached hydrogens (tertiary/aromatic N) is 3. The van der Waals surface area contributed by atoms with Crippen LogP contribution in [0.2, 0.25) is 0 Å². The molecule has 1 atom stereocenters. The zero-order valence-corrected chi connectivity index (χ0v) is 17.3. The summed E-state index contributed by atoms with van der Waals surface area (Å²) in [6.45, 7) is 3.58. The minimum absolute atomic E-state index is 0.0363. The molecule has 4 rings (SSSR count). The topological polar surface area (TPSA) is 67.3 Å². The molecule has 0 saturated carbocycles. The van der Waals surface area contributed by atoms with Crippen molar-refractivity contribution in [1.29, 1.82) is 0 Å². The van der Waals surface area contributed by atoms with Crippen molar-refractivity contribution in [2.45, 2.75) is 19.8 Å². The maximum Gasteiger partial charge on any atom is 0.229 e. The van der Waals surface area contributed by atoms with Crippen LogP contribution >= 0.6 is 0 Å². The van der Waals surface area contributed by atoms with Crippen LogP contribution < -0.4 is 15.0 Å². The van der Waals surface area contributed by atoms with Crippen LogP contribution in [-0.2, 0) is 4.79 Å². The Bertz CT molecular complexity index is 1000. The van der Waals surface area contributed by atoms with E-state index in [-0.39, 0.29) is 11.8 Å². The maximum atomic E-state index is 12.8. The second-order valence-electron chi connectivity index (χ2n) is 7.65. The standard InChI is InChI=1S/C24H26N4O2/c1-17-5-3-6-18(15-17)22-12-13-23(27-26-22)28-14-4-7-19(16-28)24(29)25-20-8-10-21(30-2)11-9-20/h3,5-6,8-13,15,19H,4,7,14,16H2,1-2H3,(H,25,29). The van der Waals surface area contributed by atoms with Gasteiger partial charge in [-0.2, -0.15) is 0 Å². The summed E-state index contributed by atoms with van der Waals surface area (Å²) in [6.07, 6.45) is 1.81. The second-order valence-corrected chi connectivity index (χ2v) is 7.65. The van der Waals surface area contributed by atoms with Crippen molar-refractivity contribution >= 4 is 17.4 Å². The lowest BCUT2D eigenvalue weighted by Crippen LogP contribution is -2.41. The molecular weight excluding hydrogens is 376 g/mol. The first-order chi connectivity index (χ1) is 14.6. The average Bonchev–Trinajstić information content (AvgIpc) is 2.80. The van der Waals surface area contributed by atoms with Crippen LogP contribution in [0.5, 0.6) is 5.75 Å². The Morgan fingerprint density at radius 2 is 1.93 bits per heavy atom. The zero-order chi connectivity index (χ0) is 20.9. The monoisotopic (exact) mass is 402 g/mol. The molecule has 0 spiro atoms. The number of hydrogen-bond acceptors (Lipinski definition) is 5. The highest BCUT2D eigenvalue weighted by Crippen LogP contribution is 2.25. The van der Waals surface area contributed by atoms with Crippen LogP contribution in [0.25, 0.3) is 11.3 Å². The first kappa shape index (κ1) is 19.9. The summed E-state index contributed by atoms with van der Waals surface area (Å²) in [4.78, 5) is 14.9. The fourth-order valence-electron chi connectivity index (χ4n) is 3.77. The third-order valence-electron chi connectivity index (χ3n) is 5.44. The Kier molecular flexibility index (Phi) is 5.93. The van der Waals surface area contributed by atoms with Crippen molar-refractivity contribution in [2.24, 2.45) is 5.92 Å². The van der Waals surface area contributed by atoms with E-state index in [2.05, 4.69) is 39.5 Å². The number of ether oxygens (including phenoxy) is 1. The smallest absolute Gasteiger partial charge is 0.229 e. The molecule has 1 aliphatic rings. The molecule has 6 heteroatoms. The molecule has 2 aromatic carbocycles. The van der Waals surface area contributed by atoms with Gasteiger partial charge in [0.1, 0.15) is 5.75 Å². The number of aryl methyl sites for hydroxylation is 1. The van der Waals surface area contributed by atoms with E-state index in [4.69, 9.17) is 4.74 Å². The van der Waals surface area contributed by atoms with Crippen LogP contribution in [-0.4, -0.2) is 36.3 Å². The van der Waals surface area contributed by atoms with Gasteiger partial charge >= 0.3 is 0 Å². The second kappa shape index (κ2) is 8.95. The highest BCUT2D eigenvalue weighted by Gasteiger charge is 2.27. The fraction of sp³-hybridized carbons (Fsp3) is 0.292. The quantitative estimate of drug-likeness (QED) is 0.689. The normalized spacial score (nSPS) is 16.2. The Balaban J connectivity index is 1.41. The molecule has 1 unspecified atom stereocenters. The Labute approximate surface area is 176 Å². The van der Waals surface area contributed by atoms with E-state index >= 15 is 0 Å². The lowest BCUT2D eigenvalue weighted by molar-refractivity contribution is -0.120. The molecule has 1 aliphatic heterocycles. The number of methoxy groups -OCH3 is 1. The first-order valence-electron chi connectivity index (χ1n) is 10.2. The SMILES string of the molecule is COc1ccc(NC(=O)C2CCCN(c3ccc(-c4cccc(C)c4)nn3)C2)cc1. The zero-order valence-electron chi connectivity index (χ0n) is 17.3. The summed E-state index contributed by atoms with van der Waals surface area (Å²) >= 11 is 0. The molecule has 1 aromatic heterocycles. The van der Waals surface area contributed by atoms with Gasteiger partial charge in [-0.3, -0.25) is 4.79 Å². The predicted octanol–water partition coefficient (Wildman–Crippen LogP) is 4.32. The number of nitrogens with one attached hydrogen (secondary N) is 1. The number of benzene rings is 2. The molecular formula is C24H26N4O2. The van der Waals surface area contributed by atoms with Crippen molar-refractivity contribution < 1.29 is 9.53 Å². The summed E-state index contributed by atoms with van der Waals surface area (Å²) in [5.74, 6) is 1.53. The lowest BCUT2D eigenvalue weighted by Gasteiger charge is -2.32. The van der Waals surface area contributed by atoms with E-state index in [1.165, 1.54) is 5.56 Å². The first-order valence-corrected chi connectivity index (χ1v) is 10.2. The van der Waals surface area contributed by atoms with E-state index < -0.39 is 0 Å². The van der Waals surface area contributed by atoms with Gasteiger partial charge in [-0.25, -0.2) is 0 Å². The van der Waals surface area contributed by atoms with E-state index in [0.717, 1.165) is 47.9 Å². The van der Waals surface area contributed by atoms with Crippen LogP contribution in [0.4, 0.5) is 11.5 Å². The van der Waals surface area contributed by atoms with E-state index in [1.807, 2.05) is 48.5 Å². The number of carbonyl (C=O) groups is 1. The third-order valence-corrected chi connectivity index (χ3v) is 5.44. The summed E-state index contributed by atoms with van der Waals surface area (Å²) in [7, 11) is 1.63. The number of rotatable bonds is 5. The lowest BCUT2D eigenvalue weighted by atomic mass is 9.97. The summed E-state index contributed by atoms with van der Waals surface area (Å²) in [5.41, 5.74) is 3.89. The Morgan fingerprint density at radius 1 is 1.10 bits per heavy atom. The number of anilines is 2. The van der Waals surface area contributed by atoms with Gasteiger partial charge in [-0.05, 0) is 62.2 Å². The molecule has 1 N–H and O–H groups in total. The fourth-order valence-corrected chi connectivity index (χ4v) is 3.77. The number of piperidine rings is 1. The highest BCUT2D eigenvalue weighted by atomic mass is 16.5. The van der Waals surface area contributed by atoms with E-state index in [1.54, 1.807) is 7.11 Å². The van der Waals surface area contributed by atoms with Gasteiger partial charge in [0.2, 0.25) is 5.91 Å². The Hall–Kier alpha value is -3.41. The van der Waals surface area contributed by atoms with Crippen molar-refractivity contribution in [1.82, 2.24) is 10.2 Å². The number of carbonyl (C=O) groups excluding carboxylic acids is 1. The molecule has 2 heterocycles. The molecule has 1 fully saturated rings. The minimum atomic E-state index is -0.0842. The van der Waals surface area contributed by atoms with Gasteiger partial charge in [-0.1, -0.05) is 23.8 Å². The van der Waals surface area contributed by atoms with Gasteiger partial charge in [0.15, 0.2) is 5.82 Å². The predicted molar refractivity (Wildman–Crippen MR) is 119 cm³/mol. The van der Waals surface area contributed by atoms with Crippen molar-refractivity contribution in [3.63, 3.8) is 0 Å². The molecule has 154 valence electrons. The summed E-state index contributed by atoms with van der Waals surface area (Å²) in [6, 6.07) is 19.6. The van der Waals surface area contributed by atoms with Crippen molar-refractivity contribution in [3.05, 3.63) is 66.2 Å².